The highest BCUT2D eigenvalue weighted by Gasteiger charge is 2.33. The molecule has 1 unspecified atom stereocenters. The molecule has 1 aromatic carbocycles. The maximum absolute atomic E-state index is 13.3. The van der Waals surface area contributed by atoms with Crippen LogP contribution >= 0.6 is 0 Å². The van der Waals surface area contributed by atoms with E-state index in [9.17, 15) is 24.0 Å². The van der Waals surface area contributed by atoms with Gasteiger partial charge in [0.2, 0.25) is 17.7 Å². The highest BCUT2D eigenvalue weighted by atomic mass is 16.6. The van der Waals surface area contributed by atoms with E-state index in [0.717, 1.165) is 0 Å². The summed E-state index contributed by atoms with van der Waals surface area (Å²) in [5.74, 6) is -0.656. The van der Waals surface area contributed by atoms with Crippen molar-refractivity contribution in [1.82, 2.24) is 20.2 Å². The van der Waals surface area contributed by atoms with Crippen molar-refractivity contribution in [3.05, 3.63) is 34.4 Å². The van der Waals surface area contributed by atoms with Crippen molar-refractivity contribution in [3.63, 3.8) is 0 Å². The molecule has 1 aromatic heterocycles. The normalized spacial score (nSPS) is 21.9. The van der Waals surface area contributed by atoms with Crippen LogP contribution in [0, 0.1) is 12.8 Å². The van der Waals surface area contributed by atoms with Gasteiger partial charge in [-0.3, -0.25) is 29.1 Å². The number of carbonyl (C=O) groups excluding carboxylic acids is 4. The van der Waals surface area contributed by atoms with Crippen molar-refractivity contribution in [2.24, 2.45) is 5.92 Å². The molecule has 0 radical (unpaired) electrons. The predicted molar refractivity (Wildman–Crippen MR) is 131 cm³/mol. The number of nitrogens with zero attached hydrogens (tertiary/aromatic N) is 2. The van der Waals surface area contributed by atoms with Crippen LogP contribution < -0.4 is 21.5 Å². The quantitative estimate of drug-likeness (QED) is 0.537. The third-order valence-corrected chi connectivity index (χ3v) is 6.33. The molecule has 11 heteroatoms. The Morgan fingerprint density at radius 3 is 2.58 bits per heavy atom. The number of alkyl carbamates (subject to hydrolysis) is 1. The van der Waals surface area contributed by atoms with Gasteiger partial charge in [0.25, 0.3) is 5.56 Å². The van der Waals surface area contributed by atoms with Gasteiger partial charge in [0.1, 0.15) is 23.0 Å². The second kappa shape index (κ2) is 9.71. The summed E-state index contributed by atoms with van der Waals surface area (Å²) < 4.78 is 6.56. The summed E-state index contributed by atoms with van der Waals surface area (Å²) in [6, 6.07) is 4.09. The Hall–Kier alpha value is -3.76. The summed E-state index contributed by atoms with van der Waals surface area (Å²) in [7, 11) is 0. The molecule has 4 amide bonds. The van der Waals surface area contributed by atoms with Crippen LogP contribution in [0.3, 0.4) is 0 Å². The number of aryl methyl sites for hydroxylation is 1. The number of benzene rings is 1. The van der Waals surface area contributed by atoms with Crippen molar-refractivity contribution < 1.29 is 23.9 Å². The van der Waals surface area contributed by atoms with Gasteiger partial charge in [-0.2, -0.15) is 0 Å². The van der Waals surface area contributed by atoms with Crippen molar-refractivity contribution in [3.8, 4) is 0 Å². The van der Waals surface area contributed by atoms with E-state index < -0.39 is 29.2 Å². The first-order valence-electron chi connectivity index (χ1n) is 12.1. The molecular weight excluding hydrogens is 466 g/mol. The first-order valence-corrected chi connectivity index (χ1v) is 12.1. The smallest absolute Gasteiger partial charge is 0.407 e. The number of piperidine rings is 1. The average Bonchev–Trinajstić information content (AvgIpc) is 2.73. The Labute approximate surface area is 208 Å². The number of fused-ring (bicyclic) bond motifs is 1. The van der Waals surface area contributed by atoms with Crippen molar-refractivity contribution in [1.29, 1.82) is 0 Å². The topological polar surface area (TPSA) is 148 Å². The molecule has 11 nitrogen and oxygen atoms in total. The van der Waals surface area contributed by atoms with E-state index in [1.807, 2.05) is 0 Å². The maximum atomic E-state index is 13.3. The number of aromatic nitrogens is 2. The zero-order valence-electron chi connectivity index (χ0n) is 20.8. The van der Waals surface area contributed by atoms with E-state index in [-0.39, 0.29) is 48.4 Å². The van der Waals surface area contributed by atoms with E-state index in [2.05, 4.69) is 20.9 Å². The molecule has 1 saturated carbocycles. The van der Waals surface area contributed by atoms with Crippen molar-refractivity contribution in [2.45, 2.75) is 77.5 Å². The van der Waals surface area contributed by atoms with Crippen LogP contribution in [0.2, 0.25) is 0 Å². The molecule has 1 saturated heterocycles. The van der Waals surface area contributed by atoms with Gasteiger partial charge < -0.3 is 15.4 Å². The molecule has 4 rings (SSSR count). The number of amides is 4. The van der Waals surface area contributed by atoms with E-state index in [1.165, 1.54) is 4.57 Å². The first-order chi connectivity index (χ1) is 16.9. The van der Waals surface area contributed by atoms with Crippen LogP contribution in [-0.4, -0.2) is 45.0 Å². The van der Waals surface area contributed by atoms with Crippen molar-refractivity contribution >= 4 is 40.4 Å². The largest absolute Gasteiger partial charge is 0.444 e. The van der Waals surface area contributed by atoms with E-state index in [1.54, 1.807) is 45.9 Å². The lowest BCUT2D eigenvalue weighted by molar-refractivity contribution is -0.135. The molecule has 2 heterocycles. The SMILES string of the molecule is Cc1nc2c(NC(=O)CC3CC(NC(=O)OC(C)(C)C)C3)cccc2c(=O)n1C1CCC(=O)NC1=O. The fourth-order valence-corrected chi connectivity index (χ4v) is 4.68. The van der Waals surface area contributed by atoms with Crippen molar-refractivity contribution in [2.75, 3.05) is 5.32 Å². The molecule has 2 aliphatic rings. The molecule has 36 heavy (non-hydrogen) atoms. The summed E-state index contributed by atoms with van der Waals surface area (Å²) >= 11 is 0. The summed E-state index contributed by atoms with van der Waals surface area (Å²) in [6.45, 7) is 7.02. The van der Waals surface area contributed by atoms with Gasteiger partial charge in [-0.05, 0) is 65.0 Å². The Morgan fingerprint density at radius 2 is 1.92 bits per heavy atom. The van der Waals surface area contributed by atoms with Gasteiger partial charge in [-0.25, -0.2) is 9.78 Å². The molecule has 2 fully saturated rings. The number of rotatable bonds is 5. The van der Waals surface area contributed by atoms with Gasteiger partial charge in [0, 0.05) is 18.9 Å². The second-order valence-corrected chi connectivity index (χ2v) is 10.4. The Bertz CT molecular complexity index is 1290. The molecule has 0 bridgehead atoms. The summed E-state index contributed by atoms with van der Waals surface area (Å²) in [5.41, 5.74) is -0.215. The third kappa shape index (κ3) is 5.55. The number of anilines is 1. The molecule has 1 aliphatic heterocycles. The average molecular weight is 498 g/mol. The van der Waals surface area contributed by atoms with Gasteiger partial charge in [0.15, 0.2) is 0 Å². The third-order valence-electron chi connectivity index (χ3n) is 6.33. The monoisotopic (exact) mass is 497 g/mol. The molecular formula is C25H31N5O6. The minimum Gasteiger partial charge on any atom is -0.444 e. The lowest BCUT2D eigenvalue weighted by Crippen LogP contribution is -2.46. The molecule has 1 aliphatic carbocycles. The van der Waals surface area contributed by atoms with Gasteiger partial charge >= 0.3 is 6.09 Å². The number of imide groups is 1. The van der Waals surface area contributed by atoms with Crippen LogP contribution in [0.15, 0.2) is 23.0 Å². The lowest BCUT2D eigenvalue weighted by Gasteiger charge is -2.35. The number of ether oxygens (including phenoxy) is 1. The minimum atomic E-state index is -0.814. The Morgan fingerprint density at radius 1 is 1.19 bits per heavy atom. The van der Waals surface area contributed by atoms with E-state index in [0.29, 0.717) is 29.9 Å². The van der Waals surface area contributed by atoms with Crippen LogP contribution in [-0.2, 0) is 19.1 Å². The van der Waals surface area contributed by atoms with E-state index >= 15 is 0 Å². The summed E-state index contributed by atoms with van der Waals surface area (Å²) in [6.07, 6.45) is 1.53. The summed E-state index contributed by atoms with van der Waals surface area (Å²) in [4.78, 5) is 66.2. The fraction of sp³-hybridized carbons (Fsp3) is 0.520. The standard InChI is InChI=1S/C25H31N5O6/c1-13-26-21-16(23(34)30(13)18-8-9-19(31)29-22(18)33)6-5-7-17(21)28-20(32)12-14-10-15(11-14)27-24(35)36-25(2,3)4/h5-7,14-15,18H,8-12H2,1-4H3,(H,27,35)(H,28,32)(H,29,31,33). The van der Waals surface area contributed by atoms with Crippen LogP contribution in [0.5, 0.6) is 0 Å². The molecule has 192 valence electrons. The zero-order chi connectivity index (χ0) is 26.2. The first kappa shape index (κ1) is 25.3. The highest BCUT2D eigenvalue weighted by Crippen LogP contribution is 2.31. The number of hydrogen-bond donors (Lipinski definition) is 3. The second-order valence-electron chi connectivity index (χ2n) is 10.4. The van der Waals surface area contributed by atoms with Crippen LogP contribution in [0.25, 0.3) is 10.9 Å². The zero-order valence-corrected chi connectivity index (χ0v) is 20.8. The van der Waals surface area contributed by atoms with Gasteiger partial charge in [-0.1, -0.05) is 6.07 Å². The Kier molecular flexibility index (Phi) is 6.83. The molecule has 3 N–H and O–H groups in total. The van der Waals surface area contributed by atoms with Gasteiger partial charge in [-0.15, -0.1) is 0 Å². The Balaban J connectivity index is 1.42. The van der Waals surface area contributed by atoms with E-state index in [4.69, 9.17) is 4.74 Å². The van der Waals surface area contributed by atoms with Crippen LogP contribution in [0.4, 0.5) is 10.5 Å². The molecule has 1 atom stereocenters. The maximum Gasteiger partial charge on any atom is 0.407 e. The minimum absolute atomic E-state index is 0.0229. The number of hydrogen-bond acceptors (Lipinski definition) is 7. The summed E-state index contributed by atoms with van der Waals surface area (Å²) in [5, 5.41) is 8.21. The van der Waals surface area contributed by atoms with Gasteiger partial charge in [0.05, 0.1) is 11.1 Å². The highest BCUT2D eigenvalue weighted by molar-refractivity contribution is 6.01. The molecule has 0 spiro atoms. The number of para-hydroxylation sites is 1. The lowest BCUT2D eigenvalue weighted by atomic mass is 9.78. The number of carbonyl (C=O) groups is 4. The molecule has 2 aromatic rings. The van der Waals surface area contributed by atoms with Crippen LogP contribution in [0.1, 0.15) is 64.7 Å². The predicted octanol–water partition coefficient (Wildman–Crippen LogP) is 2.31. The number of nitrogens with one attached hydrogen (secondary N) is 3. The fourth-order valence-electron chi connectivity index (χ4n) is 4.68.